The summed E-state index contributed by atoms with van der Waals surface area (Å²) in [6.45, 7) is 0.743. The van der Waals surface area contributed by atoms with E-state index in [0.29, 0.717) is 5.82 Å². The fourth-order valence-electron chi connectivity index (χ4n) is 2.00. The molecule has 0 aliphatic carbocycles. The van der Waals surface area contributed by atoms with Crippen molar-refractivity contribution in [1.82, 2.24) is 4.98 Å². The van der Waals surface area contributed by atoms with Crippen LogP contribution in [-0.4, -0.2) is 4.98 Å². The molecule has 0 aliphatic rings. The highest BCUT2D eigenvalue weighted by molar-refractivity contribution is 8.00. The lowest BCUT2D eigenvalue weighted by Gasteiger charge is -2.11. The average molecular weight is 366 g/mol. The molecule has 2 aromatic carbocycles. The Morgan fingerprint density at radius 1 is 1.12 bits per heavy atom. The molecule has 0 bridgehead atoms. The molecule has 1 N–H and O–H groups in total. The van der Waals surface area contributed by atoms with E-state index in [1.54, 1.807) is 0 Å². The summed E-state index contributed by atoms with van der Waals surface area (Å²) in [6.07, 6.45) is 0. The van der Waals surface area contributed by atoms with Gasteiger partial charge in [0, 0.05) is 23.4 Å². The average Bonchev–Trinajstić information content (AvgIpc) is 3.02. The summed E-state index contributed by atoms with van der Waals surface area (Å²) in [6, 6.07) is 13.1. The summed E-state index contributed by atoms with van der Waals surface area (Å²) in [5.74, 6) is -3.16. The maximum atomic E-state index is 13.9. The molecule has 0 fully saturated rings. The van der Waals surface area contributed by atoms with Crippen LogP contribution >= 0.6 is 23.3 Å². The number of alkyl halides is 2. The molecule has 1 aromatic heterocycles. The number of anilines is 1. The first-order valence-corrected chi connectivity index (χ1v) is 8.75. The van der Waals surface area contributed by atoms with Gasteiger partial charge in [0.05, 0.1) is 4.90 Å². The Balaban J connectivity index is 1.69. The topological polar surface area (TPSA) is 24.9 Å². The molecule has 2 nitrogen and oxygen atoms in total. The maximum absolute atomic E-state index is 13.9. The Labute approximate surface area is 145 Å². The third-order valence-corrected chi connectivity index (χ3v) is 4.98. The minimum Gasteiger partial charge on any atom is -0.309 e. The molecular weight excluding hydrogens is 353 g/mol. The van der Waals surface area contributed by atoms with Gasteiger partial charge in [-0.25, -0.2) is 18.2 Å². The van der Waals surface area contributed by atoms with Crippen LogP contribution in [-0.2, 0) is 5.92 Å². The lowest BCUT2D eigenvalue weighted by molar-refractivity contribution is 0.0170. The second-order valence-corrected chi connectivity index (χ2v) is 6.85. The minimum atomic E-state index is -3.06. The van der Waals surface area contributed by atoms with Crippen LogP contribution in [0.3, 0.4) is 0 Å². The maximum Gasteiger partial charge on any atom is 0.270 e. The third-order valence-electron chi connectivity index (χ3n) is 3.23. The Kier molecular flexibility index (Phi) is 4.82. The highest BCUT2D eigenvalue weighted by Crippen LogP contribution is 2.32. The third kappa shape index (κ3) is 3.91. The summed E-state index contributed by atoms with van der Waals surface area (Å²) < 4.78 is 43.2. The highest BCUT2D eigenvalue weighted by Gasteiger charge is 2.25. The summed E-state index contributed by atoms with van der Waals surface area (Å²) in [4.78, 5) is 4.66. The molecular formula is C17H13F3N2S2. The van der Waals surface area contributed by atoms with Crippen molar-refractivity contribution in [2.45, 2.75) is 17.7 Å². The largest absolute Gasteiger partial charge is 0.309 e. The Morgan fingerprint density at radius 2 is 1.88 bits per heavy atom. The van der Waals surface area contributed by atoms with Gasteiger partial charge in [-0.1, -0.05) is 36.4 Å². The quantitative estimate of drug-likeness (QED) is 0.546. The van der Waals surface area contributed by atoms with E-state index in [4.69, 9.17) is 0 Å². The van der Waals surface area contributed by atoms with Gasteiger partial charge in [0.15, 0.2) is 0 Å². The number of hydrogen-bond acceptors (Lipinski definition) is 4. The molecule has 3 aromatic rings. The van der Waals surface area contributed by atoms with E-state index in [9.17, 15) is 13.2 Å². The fraction of sp³-hybridized carbons (Fsp3) is 0.118. The van der Waals surface area contributed by atoms with Crippen molar-refractivity contribution in [2.75, 3.05) is 4.72 Å². The first-order chi connectivity index (χ1) is 11.4. The molecule has 0 unspecified atom stereocenters. The van der Waals surface area contributed by atoms with Crippen molar-refractivity contribution in [3.05, 3.63) is 65.3 Å². The molecule has 0 atom stereocenters. The first-order valence-electron chi connectivity index (χ1n) is 7.05. The molecule has 24 heavy (non-hydrogen) atoms. The van der Waals surface area contributed by atoms with Gasteiger partial charge in [0.2, 0.25) is 0 Å². The number of rotatable bonds is 5. The zero-order chi connectivity index (χ0) is 17.2. The number of nitrogens with one attached hydrogen (secondary N) is 1. The van der Waals surface area contributed by atoms with Gasteiger partial charge in [-0.2, -0.15) is 0 Å². The molecule has 0 radical (unpaired) electrons. The van der Waals surface area contributed by atoms with Crippen LogP contribution in [0.4, 0.5) is 19.0 Å². The molecule has 124 valence electrons. The number of nitrogens with zero attached hydrogens (tertiary/aromatic N) is 1. The predicted octanol–water partition coefficient (Wildman–Crippen LogP) is 6.18. The van der Waals surface area contributed by atoms with E-state index >= 15 is 0 Å². The summed E-state index contributed by atoms with van der Waals surface area (Å²) in [5, 5.41) is 2.67. The van der Waals surface area contributed by atoms with Gasteiger partial charge in [0.25, 0.3) is 5.92 Å². The van der Waals surface area contributed by atoms with E-state index in [2.05, 4.69) is 9.71 Å². The summed E-state index contributed by atoms with van der Waals surface area (Å²) >= 11 is 2.47. The van der Waals surface area contributed by atoms with E-state index < -0.39 is 11.7 Å². The van der Waals surface area contributed by atoms with Crippen LogP contribution < -0.4 is 4.72 Å². The van der Waals surface area contributed by atoms with Gasteiger partial charge in [-0.3, -0.25) is 0 Å². The van der Waals surface area contributed by atoms with Gasteiger partial charge < -0.3 is 4.72 Å². The zero-order valence-electron chi connectivity index (χ0n) is 12.6. The lowest BCUT2D eigenvalue weighted by atomic mass is 10.1. The van der Waals surface area contributed by atoms with Crippen LogP contribution in [0.2, 0.25) is 0 Å². The molecule has 0 amide bonds. The fourth-order valence-corrected chi connectivity index (χ4v) is 3.44. The van der Waals surface area contributed by atoms with Crippen LogP contribution in [0.5, 0.6) is 0 Å². The van der Waals surface area contributed by atoms with Crippen molar-refractivity contribution in [1.29, 1.82) is 0 Å². The van der Waals surface area contributed by atoms with Crippen LogP contribution in [0, 0.1) is 5.82 Å². The minimum absolute atomic E-state index is 0.234. The monoisotopic (exact) mass is 366 g/mol. The van der Waals surface area contributed by atoms with Gasteiger partial charge in [-0.05, 0) is 24.1 Å². The second-order valence-electron chi connectivity index (χ2n) is 5.14. The molecule has 7 heteroatoms. The van der Waals surface area contributed by atoms with E-state index in [1.165, 1.54) is 23.5 Å². The van der Waals surface area contributed by atoms with Crippen molar-refractivity contribution in [3.63, 3.8) is 0 Å². The summed E-state index contributed by atoms with van der Waals surface area (Å²) in [5.41, 5.74) is 0.658. The van der Waals surface area contributed by atoms with Crippen LogP contribution in [0.25, 0.3) is 10.6 Å². The standard InChI is InChI=1S/C17H13F3N2S2/c1-17(19,20)12-7-8-14(13(18)9-12)24-22-15-10-23-16(21-15)11-5-3-2-4-6-11/h2-10,22H,1H3. The van der Waals surface area contributed by atoms with Gasteiger partial charge in [0.1, 0.15) is 16.6 Å². The second kappa shape index (κ2) is 6.86. The number of thiazole rings is 1. The van der Waals surface area contributed by atoms with Crippen molar-refractivity contribution in [3.8, 4) is 10.6 Å². The Morgan fingerprint density at radius 3 is 2.54 bits per heavy atom. The van der Waals surface area contributed by atoms with Crippen LogP contribution in [0.15, 0.2) is 58.8 Å². The molecule has 3 rings (SSSR count). The van der Waals surface area contributed by atoms with Crippen molar-refractivity contribution >= 4 is 29.1 Å². The first kappa shape index (κ1) is 16.9. The molecule has 0 spiro atoms. The van der Waals surface area contributed by atoms with E-state index in [1.807, 2.05) is 35.7 Å². The normalized spacial score (nSPS) is 11.5. The number of benzene rings is 2. The Hall–Kier alpha value is -1.99. The van der Waals surface area contributed by atoms with E-state index in [-0.39, 0.29) is 10.5 Å². The van der Waals surface area contributed by atoms with E-state index in [0.717, 1.165) is 35.5 Å². The van der Waals surface area contributed by atoms with Crippen LogP contribution in [0.1, 0.15) is 12.5 Å². The molecule has 0 saturated heterocycles. The SMILES string of the molecule is CC(F)(F)c1ccc(SNc2csc(-c3ccccc3)n2)c(F)c1. The van der Waals surface area contributed by atoms with Gasteiger partial charge >= 0.3 is 0 Å². The highest BCUT2D eigenvalue weighted by atomic mass is 32.2. The predicted molar refractivity (Wildman–Crippen MR) is 93.0 cm³/mol. The lowest BCUT2D eigenvalue weighted by Crippen LogP contribution is -2.07. The number of halogens is 3. The smallest absolute Gasteiger partial charge is 0.270 e. The zero-order valence-corrected chi connectivity index (χ0v) is 14.2. The number of aromatic nitrogens is 1. The Bertz CT molecular complexity index is 829. The summed E-state index contributed by atoms with van der Waals surface area (Å²) in [7, 11) is 0. The van der Waals surface area contributed by atoms with Crippen molar-refractivity contribution < 1.29 is 13.2 Å². The molecule has 0 aliphatic heterocycles. The number of hydrogen-bond donors (Lipinski definition) is 1. The van der Waals surface area contributed by atoms with Gasteiger partial charge in [-0.15, -0.1) is 11.3 Å². The molecule has 1 heterocycles. The molecule has 0 saturated carbocycles. The van der Waals surface area contributed by atoms with Crippen molar-refractivity contribution in [2.24, 2.45) is 0 Å².